The number of ether oxygens (including phenoxy) is 1. The van der Waals surface area contributed by atoms with Crippen molar-refractivity contribution in [1.29, 1.82) is 0 Å². The van der Waals surface area contributed by atoms with Crippen molar-refractivity contribution < 1.29 is 22.7 Å². The molecule has 0 aromatic heterocycles. The maximum Gasteiger partial charge on any atom is 0.446 e. The Balaban J connectivity index is 0.00000342. The maximum atomic E-state index is 13.0. The molecule has 0 radical (unpaired) electrons. The molecule has 4 rings (SSSR count). The van der Waals surface area contributed by atoms with Gasteiger partial charge in [-0.1, -0.05) is 23.9 Å². The second-order valence-electron chi connectivity index (χ2n) is 8.27. The molecule has 0 aliphatic carbocycles. The van der Waals surface area contributed by atoms with Crippen molar-refractivity contribution in [2.24, 2.45) is 0 Å². The number of hydrogen-bond donors (Lipinski definition) is 1. The van der Waals surface area contributed by atoms with Crippen LogP contribution in [0.4, 0.5) is 24.5 Å². The molecule has 1 fully saturated rings. The summed E-state index contributed by atoms with van der Waals surface area (Å²) in [5, 5.41) is 3.44. The molecule has 2 aromatic rings. The number of para-hydroxylation sites is 1. The van der Waals surface area contributed by atoms with Crippen molar-refractivity contribution in [1.82, 2.24) is 10.2 Å². The highest BCUT2D eigenvalue weighted by atomic mass is 35.5. The van der Waals surface area contributed by atoms with Gasteiger partial charge < -0.3 is 15.0 Å². The van der Waals surface area contributed by atoms with E-state index in [-0.39, 0.29) is 35.0 Å². The molecule has 5 nitrogen and oxygen atoms in total. The average molecular weight is 548 g/mol. The molecule has 0 amide bonds. The number of nitrogens with one attached hydrogen (secondary N) is 1. The van der Waals surface area contributed by atoms with E-state index in [2.05, 4.69) is 21.2 Å². The van der Waals surface area contributed by atoms with E-state index in [1.54, 1.807) is 30.0 Å². The fraction of sp³-hybridized carbons (Fsp3) is 0.458. The van der Waals surface area contributed by atoms with Crippen molar-refractivity contribution >= 4 is 53.3 Å². The molecule has 0 saturated carbocycles. The number of nitrogens with zero attached hydrogens (tertiary/aromatic N) is 2. The molecule has 1 atom stereocenters. The van der Waals surface area contributed by atoms with Gasteiger partial charge in [-0.2, -0.15) is 13.2 Å². The van der Waals surface area contributed by atoms with Crippen molar-refractivity contribution in [3.05, 3.63) is 42.5 Å². The fourth-order valence-corrected chi connectivity index (χ4v) is 6.07. The average Bonchev–Trinajstić information content (AvgIpc) is 2.78. The summed E-state index contributed by atoms with van der Waals surface area (Å²) in [6.45, 7) is 5.89. The lowest BCUT2D eigenvalue weighted by Gasteiger charge is -2.37. The van der Waals surface area contributed by atoms with Gasteiger partial charge in [0.2, 0.25) is 0 Å². The molecule has 1 saturated heterocycles. The molecule has 35 heavy (non-hydrogen) atoms. The van der Waals surface area contributed by atoms with Crippen LogP contribution in [0.2, 0.25) is 0 Å². The van der Waals surface area contributed by atoms with Crippen molar-refractivity contribution in [3.63, 3.8) is 0 Å². The molecule has 0 spiro atoms. The van der Waals surface area contributed by atoms with Crippen LogP contribution in [0.3, 0.4) is 0 Å². The van der Waals surface area contributed by atoms with Crippen LogP contribution >= 0.6 is 35.9 Å². The van der Waals surface area contributed by atoms with E-state index in [0.717, 1.165) is 53.6 Å². The van der Waals surface area contributed by atoms with Gasteiger partial charge in [0.05, 0.1) is 11.4 Å². The molecule has 1 N–H and O–H groups in total. The zero-order valence-corrected chi connectivity index (χ0v) is 21.8. The van der Waals surface area contributed by atoms with Gasteiger partial charge in [0.1, 0.15) is 6.61 Å². The van der Waals surface area contributed by atoms with Gasteiger partial charge >= 0.3 is 11.5 Å². The van der Waals surface area contributed by atoms with E-state index in [1.807, 2.05) is 18.2 Å². The largest absolute Gasteiger partial charge is 0.465 e. The van der Waals surface area contributed by atoms with Crippen molar-refractivity contribution in [3.8, 4) is 0 Å². The number of piperazine rings is 1. The van der Waals surface area contributed by atoms with Crippen LogP contribution in [0.5, 0.6) is 0 Å². The Morgan fingerprint density at radius 3 is 2.71 bits per heavy atom. The normalized spacial score (nSPS) is 17.8. The number of esters is 1. The summed E-state index contributed by atoms with van der Waals surface area (Å²) in [7, 11) is 0. The third-order valence-corrected chi connectivity index (χ3v) is 7.76. The van der Waals surface area contributed by atoms with Gasteiger partial charge in [-0.3, -0.25) is 9.69 Å². The summed E-state index contributed by atoms with van der Waals surface area (Å²) >= 11 is 1.52. The molecule has 1 unspecified atom stereocenters. The molecular weight excluding hydrogens is 519 g/mol. The molecule has 2 aromatic carbocycles. The summed E-state index contributed by atoms with van der Waals surface area (Å²) < 4.78 is 44.1. The standard InChI is InChI=1S/C24H28F3N3O2S2.ClH/c1-17(31)32-14-13-29-12-10-28-16-18(29)5-4-11-30-20-6-2-3-7-22(20)33-23-9-8-19(15-21(23)30)34-24(25,26)27;/h2-3,6-9,15,18,28H,4-5,10-14,16H2,1H3;1H. The van der Waals surface area contributed by atoms with E-state index >= 15 is 0 Å². The number of alkyl halides is 3. The van der Waals surface area contributed by atoms with Crippen LogP contribution in [-0.2, 0) is 9.53 Å². The maximum absolute atomic E-state index is 13.0. The van der Waals surface area contributed by atoms with Gasteiger partial charge in [-0.05, 0) is 54.9 Å². The SMILES string of the molecule is CC(=O)OCCN1CCNCC1CCCN1c2ccccc2Sc2ccc(SC(F)(F)F)cc21.Cl. The minimum Gasteiger partial charge on any atom is -0.465 e. The van der Waals surface area contributed by atoms with E-state index in [4.69, 9.17) is 4.74 Å². The first-order valence-corrected chi connectivity index (χ1v) is 13.0. The number of fused-ring (bicyclic) bond motifs is 2. The number of anilines is 2. The third kappa shape index (κ3) is 7.69. The molecule has 2 heterocycles. The first-order valence-electron chi connectivity index (χ1n) is 11.3. The van der Waals surface area contributed by atoms with Gasteiger partial charge in [-0.25, -0.2) is 0 Å². The van der Waals surface area contributed by atoms with Crippen LogP contribution in [0, 0.1) is 0 Å². The number of benzene rings is 2. The minimum absolute atomic E-state index is 0. The highest BCUT2D eigenvalue weighted by molar-refractivity contribution is 8.00. The number of halogens is 4. The predicted octanol–water partition coefficient (Wildman–Crippen LogP) is 5.94. The number of rotatable bonds is 8. The van der Waals surface area contributed by atoms with Crippen LogP contribution in [0.15, 0.2) is 57.2 Å². The summed E-state index contributed by atoms with van der Waals surface area (Å²) in [6.07, 6.45) is 1.82. The van der Waals surface area contributed by atoms with Crippen molar-refractivity contribution in [2.45, 2.75) is 46.0 Å². The smallest absolute Gasteiger partial charge is 0.446 e. The summed E-state index contributed by atoms with van der Waals surface area (Å²) in [6, 6.07) is 13.3. The Hall–Kier alpha value is -1.59. The first-order chi connectivity index (χ1) is 16.3. The summed E-state index contributed by atoms with van der Waals surface area (Å²) in [5.74, 6) is -0.268. The lowest BCUT2D eigenvalue weighted by Crippen LogP contribution is -2.52. The lowest BCUT2D eigenvalue weighted by atomic mass is 10.1. The van der Waals surface area contributed by atoms with Gasteiger partial charge in [0.15, 0.2) is 0 Å². The molecule has 11 heteroatoms. The van der Waals surface area contributed by atoms with Crippen LogP contribution in [-0.4, -0.2) is 61.8 Å². The van der Waals surface area contributed by atoms with E-state index in [1.165, 1.54) is 6.92 Å². The molecule has 2 aliphatic rings. The van der Waals surface area contributed by atoms with Gasteiger partial charge in [0, 0.05) is 60.4 Å². The topological polar surface area (TPSA) is 44.8 Å². The quantitative estimate of drug-likeness (QED) is 0.324. The Morgan fingerprint density at radius 2 is 1.94 bits per heavy atom. The zero-order chi connectivity index (χ0) is 24.1. The molecule has 0 bridgehead atoms. The lowest BCUT2D eigenvalue weighted by molar-refractivity contribution is -0.141. The minimum atomic E-state index is -4.32. The Morgan fingerprint density at radius 1 is 1.17 bits per heavy atom. The number of hydrogen-bond acceptors (Lipinski definition) is 7. The van der Waals surface area contributed by atoms with Gasteiger partial charge in [0.25, 0.3) is 0 Å². The Labute approximate surface area is 218 Å². The Bertz CT molecular complexity index is 1010. The number of thioether (sulfide) groups is 1. The number of carbonyl (C=O) groups excluding carboxylic acids is 1. The van der Waals surface area contributed by atoms with Crippen molar-refractivity contribution in [2.75, 3.05) is 44.2 Å². The van der Waals surface area contributed by atoms with Gasteiger partial charge in [-0.15, -0.1) is 12.4 Å². The second kappa shape index (κ2) is 12.6. The van der Waals surface area contributed by atoms with Crippen LogP contribution in [0.1, 0.15) is 19.8 Å². The zero-order valence-electron chi connectivity index (χ0n) is 19.3. The van der Waals surface area contributed by atoms with Crippen LogP contribution in [0.25, 0.3) is 0 Å². The second-order valence-corrected chi connectivity index (χ2v) is 10.5. The first kappa shape index (κ1) is 28.0. The summed E-state index contributed by atoms with van der Waals surface area (Å²) in [5.41, 5.74) is -2.46. The number of carbonyl (C=O) groups is 1. The Kier molecular flexibility index (Phi) is 10.1. The monoisotopic (exact) mass is 547 g/mol. The fourth-order valence-electron chi connectivity index (χ4n) is 4.42. The molecule has 2 aliphatic heterocycles. The van der Waals surface area contributed by atoms with Crippen LogP contribution < -0.4 is 10.2 Å². The van der Waals surface area contributed by atoms with E-state index in [0.29, 0.717) is 25.7 Å². The third-order valence-electron chi connectivity index (χ3n) is 5.91. The predicted molar refractivity (Wildman–Crippen MR) is 137 cm³/mol. The highest BCUT2D eigenvalue weighted by Gasteiger charge is 2.31. The molecular formula is C24H29ClF3N3O2S2. The van der Waals surface area contributed by atoms with E-state index < -0.39 is 5.51 Å². The molecule has 192 valence electrons. The highest BCUT2D eigenvalue weighted by Crippen LogP contribution is 2.50. The summed E-state index contributed by atoms with van der Waals surface area (Å²) in [4.78, 5) is 17.9. The van der Waals surface area contributed by atoms with E-state index in [9.17, 15) is 18.0 Å².